The number of benzene rings is 1. The van der Waals surface area contributed by atoms with Crippen molar-refractivity contribution in [3.63, 3.8) is 0 Å². The van der Waals surface area contributed by atoms with E-state index in [0.29, 0.717) is 24.8 Å². The first-order chi connectivity index (χ1) is 10.7. The van der Waals surface area contributed by atoms with Crippen LogP contribution in [0.3, 0.4) is 0 Å². The molecule has 0 bridgehead atoms. The second-order valence-corrected chi connectivity index (χ2v) is 5.98. The summed E-state index contributed by atoms with van der Waals surface area (Å²) in [5.41, 5.74) is 0.762. The fraction of sp³-hybridized carbons (Fsp3) is 0.529. The van der Waals surface area contributed by atoms with E-state index in [9.17, 15) is 9.59 Å². The highest BCUT2D eigenvalue weighted by molar-refractivity contribution is 5.98. The largest absolute Gasteiger partial charge is 0.482 e. The Morgan fingerprint density at radius 1 is 1.32 bits per heavy atom. The van der Waals surface area contributed by atoms with E-state index in [1.54, 1.807) is 4.90 Å². The van der Waals surface area contributed by atoms with E-state index in [1.165, 1.54) is 6.42 Å². The number of rotatable bonds is 3. The summed E-state index contributed by atoms with van der Waals surface area (Å²) >= 11 is 0. The summed E-state index contributed by atoms with van der Waals surface area (Å²) in [6.07, 6.45) is 3.71. The van der Waals surface area contributed by atoms with Gasteiger partial charge in [0.15, 0.2) is 6.61 Å². The third-order valence-corrected chi connectivity index (χ3v) is 4.48. The molecule has 0 radical (unpaired) electrons. The van der Waals surface area contributed by atoms with E-state index in [0.717, 1.165) is 25.1 Å². The Bertz CT molecular complexity index is 573. The molecular formula is C17H22N2O3. The Morgan fingerprint density at radius 3 is 2.95 bits per heavy atom. The van der Waals surface area contributed by atoms with Gasteiger partial charge in [0.25, 0.3) is 5.91 Å². The maximum absolute atomic E-state index is 12.4. The Kier molecular flexibility index (Phi) is 4.32. The topological polar surface area (TPSA) is 49.9 Å². The fourth-order valence-electron chi connectivity index (χ4n) is 3.22. The zero-order chi connectivity index (χ0) is 15.5. The van der Waals surface area contributed by atoms with Crippen molar-refractivity contribution in [3.05, 3.63) is 24.3 Å². The number of ether oxygens (including phenoxy) is 1. The first-order valence-electron chi connectivity index (χ1n) is 7.98. The van der Waals surface area contributed by atoms with Gasteiger partial charge in [0, 0.05) is 25.6 Å². The second-order valence-electron chi connectivity index (χ2n) is 5.98. The van der Waals surface area contributed by atoms with Crippen LogP contribution < -0.4 is 9.64 Å². The molecule has 0 aromatic heterocycles. The summed E-state index contributed by atoms with van der Waals surface area (Å²) in [7, 11) is 0. The molecule has 1 unspecified atom stereocenters. The monoisotopic (exact) mass is 302 g/mol. The second kappa shape index (κ2) is 6.38. The van der Waals surface area contributed by atoms with Crippen LogP contribution in [0.4, 0.5) is 5.69 Å². The summed E-state index contributed by atoms with van der Waals surface area (Å²) < 4.78 is 5.42. The Labute approximate surface area is 130 Å². The van der Waals surface area contributed by atoms with Crippen molar-refractivity contribution in [2.45, 2.75) is 38.6 Å². The van der Waals surface area contributed by atoms with Gasteiger partial charge in [-0.1, -0.05) is 12.1 Å². The van der Waals surface area contributed by atoms with Gasteiger partial charge < -0.3 is 14.5 Å². The highest BCUT2D eigenvalue weighted by Gasteiger charge is 2.28. The lowest BCUT2D eigenvalue weighted by Gasteiger charge is -2.34. The number of para-hydroxylation sites is 2. The van der Waals surface area contributed by atoms with Crippen LogP contribution in [0.25, 0.3) is 0 Å². The number of hydrogen-bond acceptors (Lipinski definition) is 3. The number of likely N-dealkylation sites (tertiary alicyclic amines) is 1. The average Bonchev–Trinajstić information content (AvgIpc) is 2.54. The fourth-order valence-corrected chi connectivity index (χ4v) is 3.22. The molecule has 2 heterocycles. The molecule has 1 fully saturated rings. The van der Waals surface area contributed by atoms with E-state index in [-0.39, 0.29) is 18.4 Å². The molecule has 0 N–H and O–H groups in total. The van der Waals surface area contributed by atoms with Crippen molar-refractivity contribution in [2.24, 2.45) is 0 Å². The Hall–Kier alpha value is -2.04. The van der Waals surface area contributed by atoms with E-state index >= 15 is 0 Å². The molecular weight excluding hydrogens is 280 g/mol. The molecule has 3 rings (SSSR count). The van der Waals surface area contributed by atoms with E-state index < -0.39 is 0 Å². The zero-order valence-electron chi connectivity index (χ0n) is 13.0. The van der Waals surface area contributed by atoms with Gasteiger partial charge in [-0.2, -0.15) is 0 Å². The van der Waals surface area contributed by atoms with Gasteiger partial charge in [0.1, 0.15) is 5.75 Å². The average molecular weight is 302 g/mol. The highest BCUT2D eigenvalue weighted by Crippen LogP contribution is 2.31. The number of carbonyl (C=O) groups is 2. The minimum Gasteiger partial charge on any atom is -0.482 e. The molecule has 0 saturated carbocycles. The smallest absolute Gasteiger partial charge is 0.265 e. The van der Waals surface area contributed by atoms with E-state index in [4.69, 9.17) is 4.74 Å². The van der Waals surface area contributed by atoms with Crippen LogP contribution in [0.5, 0.6) is 5.75 Å². The molecule has 22 heavy (non-hydrogen) atoms. The van der Waals surface area contributed by atoms with Gasteiger partial charge in [-0.25, -0.2) is 0 Å². The lowest BCUT2D eigenvalue weighted by molar-refractivity contribution is -0.134. The van der Waals surface area contributed by atoms with Crippen molar-refractivity contribution in [1.29, 1.82) is 0 Å². The molecule has 1 saturated heterocycles. The summed E-state index contributed by atoms with van der Waals surface area (Å²) in [6.45, 7) is 3.41. The van der Waals surface area contributed by atoms with E-state index in [2.05, 4.69) is 6.92 Å². The van der Waals surface area contributed by atoms with Crippen molar-refractivity contribution >= 4 is 17.5 Å². The number of fused-ring (bicyclic) bond motifs is 1. The molecule has 2 aliphatic rings. The normalized spacial score (nSPS) is 21.3. The van der Waals surface area contributed by atoms with Gasteiger partial charge in [0.2, 0.25) is 5.91 Å². The predicted molar refractivity (Wildman–Crippen MR) is 83.9 cm³/mol. The van der Waals surface area contributed by atoms with Crippen molar-refractivity contribution in [2.75, 3.05) is 24.6 Å². The molecule has 118 valence electrons. The van der Waals surface area contributed by atoms with Gasteiger partial charge in [-0.3, -0.25) is 9.59 Å². The van der Waals surface area contributed by atoms with Crippen LogP contribution in [0.2, 0.25) is 0 Å². The first-order valence-corrected chi connectivity index (χ1v) is 7.98. The molecule has 1 aromatic rings. The molecule has 2 amide bonds. The first kappa shape index (κ1) is 14.9. The van der Waals surface area contributed by atoms with Crippen LogP contribution >= 0.6 is 0 Å². The van der Waals surface area contributed by atoms with Crippen LogP contribution in [-0.4, -0.2) is 42.5 Å². The number of piperidine rings is 1. The third-order valence-electron chi connectivity index (χ3n) is 4.48. The molecule has 1 aromatic carbocycles. The standard InChI is InChI=1S/C17H22N2O3/c1-13-6-4-5-10-18(13)16(20)9-11-19-14-7-2-3-8-15(14)22-12-17(19)21/h2-3,7-8,13H,4-6,9-12H2,1H3. The minimum atomic E-state index is -0.0850. The molecule has 0 spiro atoms. The summed E-state index contributed by atoms with van der Waals surface area (Å²) in [6, 6.07) is 7.79. The molecule has 5 heteroatoms. The molecule has 5 nitrogen and oxygen atoms in total. The molecule has 2 aliphatic heterocycles. The minimum absolute atomic E-state index is 0.0469. The summed E-state index contributed by atoms with van der Waals surface area (Å²) in [5.74, 6) is 0.767. The van der Waals surface area contributed by atoms with Gasteiger partial charge in [-0.15, -0.1) is 0 Å². The number of anilines is 1. The molecule has 0 aliphatic carbocycles. The van der Waals surface area contributed by atoms with E-state index in [1.807, 2.05) is 29.2 Å². The van der Waals surface area contributed by atoms with Gasteiger partial charge in [-0.05, 0) is 38.3 Å². The number of hydrogen-bond donors (Lipinski definition) is 0. The quantitative estimate of drug-likeness (QED) is 0.860. The lowest BCUT2D eigenvalue weighted by atomic mass is 10.0. The maximum Gasteiger partial charge on any atom is 0.265 e. The predicted octanol–water partition coefficient (Wildman–Crippen LogP) is 2.20. The molecule has 1 atom stereocenters. The maximum atomic E-state index is 12.4. The van der Waals surface area contributed by atoms with Crippen LogP contribution in [0.1, 0.15) is 32.6 Å². The van der Waals surface area contributed by atoms with Gasteiger partial charge in [0.05, 0.1) is 5.69 Å². The number of nitrogens with zero attached hydrogens (tertiary/aromatic N) is 2. The van der Waals surface area contributed by atoms with Crippen LogP contribution in [-0.2, 0) is 9.59 Å². The lowest BCUT2D eigenvalue weighted by Crippen LogP contribution is -2.45. The van der Waals surface area contributed by atoms with Crippen LogP contribution in [0, 0.1) is 0 Å². The Balaban J connectivity index is 1.66. The van der Waals surface area contributed by atoms with Crippen molar-refractivity contribution in [3.8, 4) is 5.75 Å². The number of carbonyl (C=O) groups excluding carboxylic acids is 2. The van der Waals surface area contributed by atoms with Gasteiger partial charge >= 0.3 is 0 Å². The summed E-state index contributed by atoms with van der Waals surface area (Å²) in [4.78, 5) is 28.1. The third kappa shape index (κ3) is 2.93. The Morgan fingerprint density at radius 2 is 2.14 bits per heavy atom. The van der Waals surface area contributed by atoms with Crippen molar-refractivity contribution < 1.29 is 14.3 Å². The highest BCUT2D eigenvalue weighted by atomic mass is 16.5. The summed E-state index contributed by atoms with van der Waals surface area (Å²) in [5, 5.41) is 0. The zero-order valence-corrected chi connectivity index (χ0v) is 13.0. The van der Waals surface area contributed by atoms with Crippen LogP contribution in [0.15, 0.2) is 24.3 Å². The van der Waals surface area contributed by atoms with Crippen molar-refractivity contribution in [1.82, 2.24) is 4.90 Å². The number of amides is 2. The SMILES string of the molecule is CC1CCCCN1C(=O)CCN1C(=O)COc2ccccc21.